The highest BCUT2D eigenvalue weighted by atomic mass is 16.5. The third-order valence-electron chi connectivity index (χ3n) is 5.09. The first-order valence-corrected chi connectivity index (χ1v) is 7.36. The van der Waals surface area contributed by atoms with Crippen LogP contribution < -0.4 is 0 Å². The number of carbonyl (C=O) groups is 1. The zero-order valence-corrected chi connectivity index (χ0v) is 12.2. The van der Waals surface area contributed by atoms with Crippen molar-refractivity contribution in [3.8, 4) is 0 Å². The molecule has 1 saturated carbocycles. The number of benzene rings is 1. The number of hydrogen-bond donors (Lipinski definition) is 1. The summed E-state index contributed by atoms with van der Waals surface area (Å²) >= 11 is 0. The Kier molecular flexibility index (Phi) is 3.13. The molecule has 2 aliphatic rings. The number of aryl methyl sites for hydroxylation is 2. The SMILES string of the molecule is Cc1cc(C)cc(C2(C(=O)O)CC3(CCOCC3)C2)c1. The number of aliphatic carboxylic acids is 1. The lowest BCUT2D eigenvalue weighted by Crippen LogP contribution is -2.56. The summed E-state index contributed by atoms with van der Waals surface area (Å²) in [5.74, 6) is -0.667. The van der Waals surface area contributed by atoms with Gasteiger partial charge in [0.25, 0.3) is 0 Å². The zero-order valence-electron chi connectivity index (χ0n) is 12.2. The minimum atomic E-state index is -0.673. The van der Waals surface area contributed by atoms with E-state index in [-0.39, 0.29) is 5.41 Å². The normalized spacial score (nSPS) is 23.3. The monoisotopic (exact) mass is 274 g/mol. The molecule has 3 rings (SSSR count). The van der Waals surface area contributed by atoms with Gasteiger partial charge in [-0.2, -0.15) is 0 Å². The summed E-state index contributed by atoms with van der Waals surface area (Å²) in [6, 6.07) is 6.20. The van der Waals surface area contributed by atoms with E-state index >= 15 is 0 Å². The molecule has 20 heavy (non-hydrogen) atoms. The fraction of sp³-hybridized carbons (Fsp3) is 0.588. The molecule has 1 saturated heterocycles. The molecule has 1 heterocycles. The zero-order chi connectivity index (χ0) is 14.4. The predicted octanol–water partition coefficient (Wildman–Crippen LogP) is 3.22. The van der Waals surface area contributed by atoms with Crippen LogP contribution in [0.25, 0.3) is 0 Å². The molecule has 108 valence electrons. The predicted molar refractivity (Wildman–Crippen MR) is 76.9 cm³/mol. The van der Waals surface area contributed by atoms with Crippen molar-refractivity contribution in [1.82, 2.24) is 0 Å². The smallest absolute Gasteiger partial charge is 0.314 e. The van der Waals surface area contributed by atoms with Crippen molar-refractivity contribution in [2.24, 2.45) is 5.41 Å². The van der Waals surface area contributed by atoms with Gasteiger partial charge in [0.05, 0.1) is 5.41 Å². The Bertz CT molecular complexity index is 513. The van der Waals surface area contributed by atoms with Crippen LogP contribution in [0.2, 0.25) is 0 Å². The summed E-state index contributed by atoms with van der Waals surface area (Å²) in [4.78, 5) is 11.9. The van der Waals surface area contributed by atoms with Crippen LogP contribution in [0.15, 0.2) is 18.2 Å². The number of rotatable bonds is 2. The van der Waals surface area contributed by atoms with E-state index in [4.69, 9.17) is 4.74 Å². The average molecular weight is 274 g/mol. The average Bonchev–Trinajstić information content (AvgIpc) is 2.35. The van der Waals surface area contributed by atoms with Gasteiger partial charge in [-0.3, -0.25) is 4.79 Å². The fourth-order valence-corrected chi connectivity index (χ4v) is 4.12. The Morgan fingerprint density at radius 1 is 1.10 bits per heavy atom. The molecule has 0 radical (unpaired) electrons. The van der Waals surface area contributed by atoms with E-state index in [1.807, 2.05) is 26.0 Å². The number of hydrogen-bond acceptors (Lipinski definition) is 2. The largest absolute Gasteiger partial charge is 0.481 e. The lowest BCUT2D eigenvalue weighted by atomic mass is 9.48. The molecular formula is C17H22O3. The minimum absolute atomic E-state index is 0.203. The molecule has 1 N–H and O–H groups in total. The summed E-state index contributed by atoms with van der Waals surface area (Å²) in [6.07, 6.45) is 3.54. The second kappa shape index (κ2) is 4.59. The van der Waals surface area contributed by atoms with Crippen molar-refractivity contribution >= 4 is 5.97 Å². The summed E-state index contributed by atoms with van der Waals surface area (Å²) < 4.78 is 5.43. The molecule has 1 aliphatic carbocycles. The van der Waals surface area contributed by atoms with Gasteiger partial charge < -0.3 is 9.84 Å². The third kappa shape index (κ3) is 2.05. The molecular weight excluding hydrogens is 252 g/mol. The molecule has 1 aliphatic heterocycles. The highest BCUT2D eigenvalue weighted by Gasteiger charge is 2.59. The molecule has 1 aromatic carbocycles. The van der Waals surface area contributed by atoms with E-state index in [1.165, 1.54) is 0 Å². The van der Waals surface area contributed by atoms with Crippen molar-refractivity contribution in [3.63, 3.8) is 0 Å². The van der Waals surface area contributed by atoms with Crippen molar-refractivity contribution in [3.05, 3.63) is 34.9 Å². The van der Waals surface area contributed by atoms with Gasteiger partial charge in [0.2, 0.25) is 0 Å². The quantitative estimate of drug-likeness (QED) is 0.900. The maximum atomic E-state index is 11.9. The van der Waals surface area contributed by atoms with Gasteiger partial charge >= 0.3 is 5.97 Å². The summed E-state index contributed by atoms with van der Waals surface area (Å²) in [7, 11) is 0. The lowest BCUT2D eigenvalue weighted by Gasteiger charge is -2.56. The summed E-state index contributed by atoms with van der Waals surface area (Å²) in [5.41, 5.74) is 2.81. The topological polar surface area (TPSA) is 46.5 Å². The van der Waals surface area contributed by atoms with E-state index < -0.39 is 11.4 Å². The van der Waals surface area contributed by atoms with Crippen LogP contribution in [-0.2, 0) is 14.9 Å². The molecule has 3 nitrogen and oxygen atoms in total. The van der Waals surface area contributed by atoms with Crippen LogP contribution in [0.5, 0.6) is 0 Å². The second-order valence-electron chi connectivity index (χ2n) is 6.73. The summed E-state index contributed by atoms with van der Waals surface area (Å²) in [6.45, 7) is 5.63. The van der Waals surface area contributed by atoms with Crippen LogP contribution in [0.4, 0.5) is 0 Å². The van der Waals surface area contributed by atoms with Gasteiger partial charge in [0.15, 0.2) is 0 Å². The molecule has 0 unspecified atom stereocenters. The first-order valence-electron chi connectivity index (χ1n) is 7.36. The van der Waals surface area contributed by atoms with Gasteiger partial charge in [-0.25, -0.2) is 0 Å². The van der Waals surface area contributed by atoms with Crippen molar-refractivity contribution in [2.75, 3.05) is 13.2 Å². The van der Waals surface area contributed by atoms with Crippen LogP contribution >= 0.6 is 0 Å². The molecule has 0 atom stereocenters. The van der Waals surface area contributed by atoms with Gasteiger partial charge in [-0.15, -0.1) is 0 Å². The number of carboxylic acids is 1. The Balaban J connectivity index is 1.93. The molecule has 1 spiro atoms. The standard InChI is InChI=1S/C17H22O3/c1-12-7-13(2)9-14(8-12)17(15(18)19)10-16(11-17)3-5-20-6-4-16/h7-9H,3-6,10-11H2,1-2H3,(H,18,19). The first kappa shape index (κ1) is 13.6. The van der Waals surface area contributed by atoms with E-state index in [1.54, 1.807) is 0 Å². The molecule has 1 aromatic rings. The second-order valence-corrected chi connectivity index (χ2v) is 6.73. The van der Waals surface area contributed by atoms with Crippen molar-refractivity contribution in [1.29, 1.82) is 0 Å². The molecule has 0 bridgehead atoms. The van der Waals surface area contributed by atoms with E-state index in [9.17, 15) is 9.90 Å². The van der Waals surface area contributed by atoms with E-state index in [2.05, 4.69) is 6.07 Å². The van der Waals surface area contributed by atoms with Gasteiger partial charge in [0.1, 0.15) is 0 Å². The molecule has 0 amide bonds. The maximum absolute atomic E-state index is 11.9. The van der Waals surface area contributed by atoms with Crippen LogP contribution in [0.1, 0.15) is 42.4 Å². The van der Waals surface area contributed by atoms with Crippen molar-refractivity contribution < 1.29 is 14.6 Å². The number of carboxylic acid groups (broad SMARTS) is 1. The van der Waals surface area contributed by atoms with Gasteiger partial charge in [-0.1, -0.05) is 29.3 Å². The van der Waals surface area contributed by atoms with Gasteiger partial charge in [0, 0.05) is 13.2 Å². The van der Waals surface area contributed by atoms with E-state index in [0.717, 1.165) is 55.6 Å². The number of ether oxygens (including phenoxy) is 1. The molecule has 0 aromatic heterocycles. The Morgan fingerprint density at radius 2 is 1.65 bits per heavy atom. The minimum Gasteiger partial charge on any atom is -0.481 e. The lowest BCUT2D eigenvalue weighted by molar-refractivity contribution is -0.160. The molecule has 2 fully saturated rings. The fourth-order valence-electron chi connectivity index (χ4n) is 4.12. The highest BCUT2D eigenvalue weighted by molar-refractivity contribution is 5.83. The highest BCUT2D eigenvalue weighted by Crippen LogP contribution is 2.60. The Labute approximate surface area is 120 Å². The summed E-state index contributed by atoms with van der Waals surface area (Å²) in [5, 5.41) is 9.80. The first-order chi connectivity index (χ1) is 9.46. The Hall–Kier alpha value is -1.35. The Morgan fingerprint density at radius 3 is 2.15 bits per heavy atom. The van der Waals surface area contributed by atoms with Crippen molar-refractivity contribution in [2.45, 2.75) is 44.9 Å². The van der Waals surface area contributed by atoms with Crippen LogP contribution in [0, 0.1) is 19.3 Å². The van der Waals surface area contributed by atoms with E-state index in [0.29, 0.717) is 0 Å². The maximum Gasteiger partial charge on any atom is 0.314 e. The van der Waals surface area contributed by atoms with Crippen LogP contribution in [0.3, 0.4) is 0 Å². The van der Waals surface area contributed by atoms with Gasteiger partial charge in [-0.05, 0) is 50.5 Å². The molecule has 3 heteroatoms. The van der Waals surface area contributed by atoms with Crippen LogP contribution in [-0.4, -0.2) is 24.3 Å². The third-order valence-corrected chi connectivity index (χ3v) is 5.09.